The molecule has 0 rings (SSSR count). The molecule has 0 aromatic heterocycles. The molecule has 0 fully saturated rings. The summed E-state index contributed by atoms with van der Waals surface area (Å²) in [5.74, 6) is -2.55. The smallest absolute Gasteiger partial charge is 0.323 e. The van der Waals surface area contributed by atoms with Crippen LogP contribution in [-0.4, -0.2) is 59.5 Å². The van der Waals surface area contributed by atoms with Crippen LogP contribution in [0.2, 0.25) is 0 Å². The van der Waals surface area contributed by atoms with Crippen molar-refractivity contribution in [3.63, 3.8) is 0 Å². The first-order valence-corrected chi connectivity index (χ1v) is 5.54. The molecular formula is C10H18N4O5. The van der Waals surface area contributed by atoms with Crippen molar-refractivity contribution in [2.45, 2.75) is 19.9 Å². The molecule has 9 nitrogen and oxygen atoms in total. The zero-order valence-electron chi connectivity index (χ0n) is 10.8. The van der Waals surface area contributed by atoms with Crippen molar-refractivity contribution in [3.8, 4) is 0 Å². The first-order valence-electron chi connectivity index (χ1n) is 5.54. The van der Waals surface area contributed by atoms with E-state index in [0.29, 0.717) is 4.90 Å². The Morgan fingerprint density at radius 3 is 2.21 bits per heavy atom. The third kappa shape index (κ3) is 8.41. The summed E-state index contributed by atoms with van der Waals surface area (Å²) in [5.41, 5.74) is 4.90. The minimum atomic E-state index is -1.29. The summed E-state index contributed by atoms with van der Waals surface area (Å²) in [6.45, 7) is 1.98. The lowest BCUT2D eigenvalue weighted by Crippen LogP contribution is -2.49. The molecule has 0 spiro atoms. The van der Waals surface area contributed by atoms with Crippen LogP contribution < -0.4 is 16.4 Å². The summed E-state index contributed by atoms with van der Waals surface area (Å²) >= 11 is 0. The first kappa shape index (κ1) is 16.7. The Bertz CT molecular complexity index is 353. The molecule has 0 aliphatic rings. The summed E-state index contributed by atoms with van der Waals surface area (Å²) in [4.78, 5) is 44.8. The normalized spacial score (nSPS) is 9.84. The molecule has 0 atom stereocenters. The third-order valence-corrected chi connectivity index (χ3v) is 1.81. The number of carboxylic acids is 1. The summed E-state index contributed by atoms with van der Waals surface area (Å²) in [7, 11) is 0. The van der Waals surface area contributed by atoms with Gasteiger partial charge in [0.25, 0.3) is 0 Å². The number of nitrogens with one attached hydrogen (secondary N) is 2. The maximum Gasteiger partial charge on any atom is 0.323 e. The monoisotopic (exact) mass is 274 g/mol. The molecule has 108 valence electrons. The predicted octanol–water partition coefficient (Wildman–Crippen LogP) is -1.91. The van der Waals surface area contributed by atoms with Gasteiger partial charge in [0, 0.05) is 6.04 Å². The van der Waals surface area contributed by atoms with Crippen molar-refractivity contribution in [1.29, 1.82) is 0 Å². The number of carbonyl (C=O) groups excluding carboxylic acids is 3. The highest BCUT2D eigenvalue weighted by Crippen LogP contribution is 1.89. The van der Waals surface area contributed by atoms with Crippen LogP contribution in [0.3, 0.4) is 0 Å². The average Bonchev–Trinajstić information content (AvgIpc) is 2.22. The summed E-state index contributed by atoms with van der Waals surface area (Å²) in [6, 6.07) is -0.926. The van der Waals surface area contributed by atoms with Gasteiger partial charge in [-0.15, -0.1) is 0 Å². The van der Waals surface area contributed by atoms with E-state index in [1.165, 1.54) is 0 Å². The largest absolute Gasteiger partial charge is 0.480 e. The highest BCUT2D eigenvalue weighted by Gasteiger charge is 2.19. The maximum atomic E-state index is 11.6. The lowest BCUT2D eigenvalue weighted by Gasteiger charge is -2.19. The van der Waals surface area contributed by atoms with Gasteiger partial charge in [0.05, 0.1) is 6.54 Å². The van der Waals surface area contributed by atoms with Crippen molar-refractivity contribution < 1.29 is 24.3 Å². The number of amides is 4. The Balaban J connectivity index is 4.35. The van der Waals surface area contributed by atoms with Crippen molar-refractivity contribution in [2.75, 3.05) is 19.6 Å². The Labute approximate surface area is 110 Å². The highest BCUT2D eigenvalue weighted by molar-refractivity contribution is 5.88. The number of rotatable bonds is 7. The van der Waals surface area contributed by atoms with Crippen molar-refractivity contribution >= 4 is 23.8 Å². The lowest BCUT2D eigenvalue weighted by atomic mass is 10.4. The van der Waals surface area contributed by atoms with Gasteiger partial charge >= 0.3 is 12.0 Å². The molecule has 4 amide bonds. The highest BCUT2D eigenvalue weighted by atomic mass is 16.4. The van der Waals surface area contributed by atoms with Crippen molar-refractivity contribution in [1.82, 2.24) is 15.5 Å². The van der Waals surface area contributed by atoms with Crippen LogP contribution in [-0.2, 0) is 14.4 Å². The van der Waals surface area contributed by atoms with Gasteiger partial charge in [-0.1, -0.05) is 0 Å². The molecule has 19 heavy (non-hydrogen) atoms. The lowest BCUT2D eigenvalue weighted by molar-refractivity contribution is -0.137. The van der Waals surface area contributed by atoms with E-state index in [9.17, 15) is 19.2 Å². The number of aliphatic carboxylic acids is 1. The van der Waals surface area contributed by atoms with Crippen LogP contribution in [0.5, 0.6) is 0 Å². The molecule has 0 saturated carbocycles. The standard InChI is InChI=1S/C10H18N4O5/c1-6(2)13-8(16)3-12-10(19)14(4-7(11)15)5-9(17)18/h6H,3-5H2,1-2H3,(H2,11,15)(H,12,19)(H,13,16)(H,17,18). The minimum absolute atomic E-state index is 0.0786. The van der Waals surface area contributed by atoms with Crippen molar-refractivity contribution in [3.05, 3.63) is 0 Å². The van der Waals surface area contributed by atoms with E-state index < -0.39 is 36.9 Å². The van der Waals surface area contributed by atoms with Gasteiger partial charge in [-0.3, -0.25) is 14.4 Å². The third-order valence-electron chi connectivity index (χ3n) is 1.81. The molecule has 9 heteroatoms. The Morgan fingerprint density at radius 1 is 1.21 bits per heavy atom. The first-order chi connectivity index (χ1) is 8.72. The molecule has 0 heterocycles. The average molecular weight is 274 g/mol. The number of hydrogen-bond acceptors (Lipinski definition) is 4. The number of primary amides is 1. The van der Waals surface area contributed by atoms with Gasteiger partial charge in [-0.2, -0.15) is 0 Å². The second-order valence-electron chi connectivity index (χ2n) is 4.10. The molecule has 0 aliphatic carbocycles. The fourth-order valence-electron chi connectivity index (χ4n) is 1.19. The second kappa shape index (κ2) is 7.90. The fraction of sp³-hybridized carbons (Fsp3) is 0.600. The van der Waals surface area contributed by atoms with Gasteiger partial charge in [-0.25, -0.2) is 4.79 Å². The van der Waals surface area contributed by atoms with Crippen LogP contribution in [0.25, 0.3) is 0 Å². The minimum Gasteiger partial charge on any atom is -0.480 e. The molecule has 0 aromatic carbocycles. The van der Waals surface area contributed by atoms with Crippen LogP contribution in [0.1, 0.15) is 13.8 Å². The zero-order valence-corrected chi connectivity index (χ0v) is 10.8. The number of nitrogens with zero attached hydrogens (tertiary/aromatic N) is 1. The van der Waals surface area contributed by atoms with Crippen LogP contribution in [0, 0.1) is 0 Å². The molecule has 0 radical (unpaired) electrons. The van der Waals surface area contributed by atoms with E-state index in [0.717, 1.165) is 0 Å². The summed E-state index contributed by atoms with van der Waals surface area (Å²) < 4.78 is 0. The predicted molar refractivity (Wildman–Crippen MR) is 65.1 cm³/mol. The molecule has 0 bridgehead atoms. The number of carboxylic acid groups (broad SMARTS) is 1. The number of hydrogen-bond donors (Lipinski definition) is 4. The Hall–Kier alpha value is -2.32. The molecule has 0 aromatic rings. The topological polar surface area (TPSA) is 142 Å². The van der Waals surface area contributed by atoms with Gasteiger partial charge < -0.3 is 26.4 Å². The fourth-order valence-corrected chi connectivity index (χ4v) is 1.19. The number of nitrogens with two attached hydrogens (primary N) is 1. The molecule has 5 N–H and O–H groups in total. The van der Waals surface area contributed by atoms with Crippen LogP contribution in [0.4, 0.5) is 4.79 Å². The van der Waals surface area contributed by atoms with E-state index in [2.05, 4.69) is 10.6 Å². The molecule has 0 aliphatic heterocycles. The van der Waals surface area contributed by atoms with Gasteiger partial charge in [0.1, 0.15) is 13.1 Å². The molecular weight excluding hydrogens is 256 g/mol. The summed E-state index contributed by atoms with van der Waals surface area (Å²) in [5, 5.41) is 13.3. The number of carbonyl (C=O) groups is 4. The van der Waals surface area contributed by atoms with E-state index in [1.54, 1.807) is 13.8 Å². The Morgan fingerprint density at radius 2 is 1.79 bits per heavy atom. The van der Waals surface area contributed by atoms with E-state index in [4.69, 9.17) is 10.8 Å². The van der Waals surface area contributed by atoms with E-state index in [1.807, 2.05) is 0 Å². The maximum absolute atomic E-state index is 11.6. The number of urea groups is 1. The molecule has 0 saturated heterocycles. The van der Waals surface area contributed by atoms with Crippen molar-refractivity contribution in [2.24, 2.45) is 5.73 Å². The van der Waals surface area contributed by atoms with E-state index in [-0.39, 0.29) is 12.6 Å². The Kier molecular flexibility index (Phi) is 6.94. The van der Waals surface area contributed by atoms with Gasteiger partial charge in [0.2, 0.25) is 11.8 Å². The second-order valence-corrected chi connectivity index (χ2v) is 4.10. The van der Waals surface area contributed by atoms with E-state index >= 15 is 0 Å². The summed E-state index contributed by atoms with van der Waals surface area (Å²) in [6.07, 6.45) is 0. The van der Waals surface area contributed by atoms with Gasteiger partial charge in [-0.05, 0) is 13.8 Å². The quantitative estimate of drug-likeness (QED) is 0.428. The van der Waals surface area contributed by atoms with Gasteiger partial charge in [0.15, 0.2) is 0 Å². The SMILES string of the molecule is CC(C)NC(=O)CNC(=O)N(CC(N)=O)CC(=O)O. The zero-order chi connectivity index (χ0) is 15.0. The van der Waals surface area contributed by atoms with Crippen LogP contribution >= 0.6 is 0 Å². The molecule has 0 unspecified atom stereocenters. The van der Waals surface area contributed by atoms with Crippen LogP contribution in [0.15, 0.2) is 0 Å².